The molecule has 4 aromatic rings. The fourth-order valence-electron chi connectivity index (χ4n) is 4.88. The summed E-state index contributed by atoms with van der Waals surface area (Å²) in [4.78, 5) is 30.0. The summed E-state index contributed by atoms with van der Waals surface area (Å²) in [6.07, 6.45) is 0.212. The van der Waals surface area contributed by atoms with E-state index >= 15 is 0 Å². The number of aryl methyl sites for hydroxylation is 1. The second-order valence-electron chi connectivity index (χ2n) is 11.8. The Morgan fingerprint density at radius 2 is 1.38 bits per heavy atom. The normalized spacial score (nSPS) is 12.3. The lowest BCUT2D eigenvalue weighted by molar-refractivity contribution is -0.140. The smallest absolute Gasteiger partial charge is 0.264 e. The molecule has 0 fully saturated rings. The van der Waals surface area contributed by atoms with E-state index in [1.807, 2.05) is 51.1 Å². The monoisotopic (exact) mass is 665 g/mol. The topological polar surface area (TPSA) is 86.8 Å². The van der Waals surface area contributed by atoms with Crippen LogP contribution in [0.25, 0.3) is 0 Å². The van der Waals surface area contributed by atoms with Crippen LogP contribution in [0, 0.1) is 6.92 Å². The van der Waals surface area contributed by atoms with E-state index in [-0.39, 0.29) is 29.5 Å². The summed E-state index contributed by atoms with van der Waals surface area (Å²) in [6, 6.07) is 28.2. The molecule has 0 saturated carbocycles. The standard InChI is InChI=1S/C35H37Cl2N3O4S/c1-25-15-18-29(37)22-31(25)40(45(43,44)30-13-9-6-10-14-30)24-33(41)39(23-27-16-19-28(36)20-17-27)32(34(42)38-35(2,3)4)21-26-11-7-5-8-12-26/h5-20,22,32H,21,23-24H2,1-4H3,(H,38,42)/t32-/m0/s1. The number of hydrogen-bond donors (Lipinski definition) is 1. The molecule has 10 heteroatoms. The largest absolute Gasteiger partial charge is 0.350 e. The van der Waals surface area contributed by atoms with E-state index in [4.69, 9.17) is 23.2 Å². The van der Waals surface area contributed by atoms with Gasteiger partial charge in [0.1, 0.15) is 12.6 Å². The van der Waals surface area contributed by atoms with Gasteiger partial charge in [0.25, 0.3) is 10.0 Å². The predicted molar refractivity (Wildman–Crippen MR) is 181 cm³/mol. The first-order valence-corrected chi connectivity index (χ1v) is 16.7. The van der Waals surface area contributed by atoms with Gasteiger partial charge in [-0.1, -0.05) is 89.9 Å². The average molecular weight is 667 g/mol. The number of anilines is 1. The maximum atomic E-state index is 14.6. The summed E-state index contributed by atoms with van der Waals surface area (Å²) in [6.45, 7) is 6.83. The third kappa shape index (κ3) is 9.10. The molecule has 0 aliphatic rings. The van der Waals surface area contributed by atoms with Gasteiger partial charge in [-0.2, -0.15) is 0 Å². The maximum Gasteiger partial charge on any atom is 0.264 e. The van der Waals surface area contributed by atoms with Gasteiger partial charge in [-0.05, 0) is 80.8 Å². The van der Waals surface area contributed by atoms with E-state index < -0.39 is 34.1 Å². The van der Waals surface area contributed by atoms with Crippen LogP contribution < -0.4 is 9.62 Å². The summed E-state index contributed by atoms with van der Waals surface area (Å²) in [5.74, 6) is -0.918. The van der Waals surface area contributed by atoms with Crippen LogP contribution in [0.1, 0.15) is 37.5 Å². The number of amides is 2. The van der Waals surface area contributed by atoms with Crippen LogP contribution in [0.15, 0.2) is 108 Å². The van der Waals surface area contributed by atoms with Gasteiger partial charge in [-0.25, -0.2) is 8.42 Å². The number of hydrogen-bond acceptors (Lipinski definition) is 4. The molecule has 0 radical (unpaired) electrons. The molecule has 4 rings (SSSR count). The summed E-state index contributed by atoms with van der Waals surface area (Å²) in [7, 11) is -4.22. The van der Waals surface area contributed by atoms with Crippen LogP contribution in [0.2, 0.25) is 10.0 Å². The quantitative estimate of drug-likeness (QED) is 0.186. The molecule has 0 aliphatic carbocycles. The van der Waals surface area contributed by atoms with Crippen molar-refractivity contribution in [2.45, 2.75) is 57.1 Å². The molecule has 1 N–H and O–H groups in total. The number of carbonyl (C=O) groups excluding carboxylic acids is 2. The fourth-order valence-corrected chi connectivity index (χ4v) is 6.66. The first-order valence-electron chi connectivity index (χ1n) is 14.5. The van der Waals surface area contributed by atoms with Gasteiger partial charge in [-0.15, -0.1) is 0 Å². The second kappa shape index (κ2) is 14.5. The molecule has 236 valence electrons. The third-order valence-electron chi connectivity index (χ3n) is 7.09. The van der Waals surface area contributed by atoms with Crippen LogP contribution in [0.4, 0.5) is 5.69 Å². The van der Waals surface area contributed by atoms with E-state index in [1.165, 1.54) is 23.1 Å². The highest BCUT2D eigenvalue weighted by atomic mass is 35.5. The van der Waals surface area contributed by atoms with E-state index in [1.54, 1.807) is 61.5 Å². The van der Waals surface area contributed by atoms with Crippen LogP contribution in [-0.2, 0) is 32.6 Å². The Hall–Kier alpha value is -3.85. The van der Waals surface area contributed by atoms with Gasteiger partial charge in [0.15, 0.2) is 0 Å². The van der Waals surface area contributed by atoms with Crippen molar-refractivity contribution in [2.75, 3.05) is 10.8 Å². The molecular formula is C35H37Cl2N3O4S. The Morgan fingerprint density at radius 1 is 0.800 bits per heavy atom. The van der Waals surface area contributed by atoms with Crippen LogP contribution >= 0.6 is 23.2 Å². The molecular weight excluding hydrogens is 629 g/mol. The molecule has 0 heterocycles. The molecule has 2 amide bonds. The molecule has 7 nitrogen and oxygen atoms in total. The van der Waals surface area contributed by atoms with Gasteiger partial charge < -0.3 is 10.2 Å². The molecule has 0 spiro atoms. The van der Waals surface area contributed by atoms with Crippen molar-refractivity contribution in [3.8, 4) is 0 Å². The molecule has 0 saturated heterocycles. The van der Waals surface area contributed by atoms with Crippen molar-refractivity contribution in [2.24, 2.45) is 0 Å². The SMILES string of the molecule is Cc1ccc(Cl)cc1N(CC(=O)N(Cc1ccc(Cl)cc1)[C@@H](Cc1ccccc1)C(=O)NC(C)(C)C)S(=O)(=O)c1ccccc1. The molecule has 1 atom stereocenters. The molecule has 45 heavy (non-hydrogen) atoms. The predicted octanol–water partition coefficient (Wildman–Crippen LogP) is 7.05. The van der Waals surface area contributed by atoms with Crippen LogP contribution in [0.3, 0.4) is 0 Å². The summed E-state index contributed by atoms with van der Waals surface area (Å²) in [5.41, 5.74) is 1.87. The van der Waals surface area contributed by atoms with Gasteiger partial charge in [0.05, 0.1) is 10.6 Å². The first-order chi connectivity index (χ1) is 21.2. The van der Waals surface area contributed by atoms with Crippen molar-refractivity contribution in [1.82, 2.24) is 10.2 Å². The summed E-state index contributed by atoms with van der Waals surface area (Å²) in [5, 5.41) is 3.87. The zero-order chi connectivity index (χ0) is 32.8. The minimum absolute atomic E-state index is 0.0211. The number of carbonyl (C=O) groups is 2. The highest BCUT2D eigenvalue weighted by Gasteiger charge is 2.36. The molecule has 0 unspecified atom stereocenters. The Bertz CT molecular complexity index is 1730. The average Bonchev–Trinajstić information content (AvgIpc) is 3.00. The van der Waals surface area contributed by atoms with Crippen molar-refractivity contribution in [1.29, 1.82) is 0 Å². The molecule has 0 aliphatic heterocycles. The molecule has 4 aromatic carbocycles. The van der Waals surface area contributed by atoms with Crippen LogP contribution in [0.5, 0.6) is 0 Å². The first kappa shape index (κ1) is 34.0. The van der Waals surface area contributed by atoms with E-state index in [9.17, 15) is 18.0 Å². The number of nitrogens with one attached hydrogen (secondary N) is 1. The van der Waals surface area contributed by atoms with Gasteiger partial charge in [-0.3, -0.25) is 13.9 Å². The Balaban J connectivity index is 1.84. The fraction of sp³-hybridized carbons (Fsp3) is 0.257. The number of rotatable bonds is 11. The van der Waals surface area contributed by atoms with E-state index in [0.29, 0.717) is 15.6 Å². The van der Waals surface area contributed by atoms with Gasteiger partial charge >= 0.3 is 0 Å². The highest BCUT2D eigenvalue weighted by molar-refractivity contribution is 7.92. The summed E-state index contributed by atoms with van der Waals surface area (Å²) < 4.78 is 29.4. The maximum absolute atomic E-state index is 14.6. The molecule has 0 aromatic heterocycles. The number of nitrogens with zero attached hydrogens (tertiary/aromatic N) is 2. The minimum Gasteiger partial charge on any atom is -0.350 e. The summed E-state index contributed by atoms with van der Waals surface area (Å²) >= 11 is 12.5. The Labute approximate surface area is 275 Å². The lowest BCUT2D eigenvalue weighted by Crippen LogP contribution is -2.56. The number of sulfonamides is 1. The minimum atomic E-state index is -4.22. The highest BCUT2D eigenvalue weighted by Crippen LogP contribution is 2.30. The zero-order valence-electron chi connectivity index (χ0n) is 25.7. The van der Waals surface area contributed by atoms with Crippen molar-refractivity contribution >= 4 is 50.7 Å². The van der Waals surface area contributed by atoms with Gasteiger partial charge in [0, 0.05) is 28.5 Å². The lowest BCUT2D eigenvalue weighted by atomic mass is 10.0. The Kier molecular flexibility index (Phi) is 11.0. The van der Waals surface area contributed by atoms with Crippen molar-refractivity contribution in [3.63, 3.8) is 0 Å². The Morgan fingerprint density at radius 3 is 1.98 bits per heavy atom. The third-order valence-corrected chi connectivity index (χ3v) is 9.35. The van der Waals surface area contributed by atoms with Crippen molar-refractivity contribution < 1.29 is 18.0 Å². The molecule has 0 bridgehead atoms. The van der Waals surface area contributed by atoms with Gasteiger partial charge in [0.2, 0.25) is 11.8 Å². The van der Waals surface area contributed by atoms with E-state index in [2.05, 4.69) is 5.32 Å². The lowest BCUT2D eigenvalue weighted by Gasteiger charge is -2.35. The number of benzene rings is 4. The zero-order valence-corrected chi connectivity index (χ0v) is 28.0. The van der Waals surface area contributed by atoms with Crippen LogP contribution in [-0.4, -0.2) is 43.3 Å². The number of halogens is 2. The second-order valence-corrected chi connectivity index (χ2v) is 14.6. The van der Waals surface area contributed by atoms with E-state index in [0.717, 1.165) is 15.4 Å². The van der Waals surface area contributed by atoms with Crippen molar-refractivity contribution in [3.05, 3.63) is 130 Å².